The van der Waals surface area contributed by atoms with E-state index < -0.39 is 0 Å². The number of carbonyl (C=O) groups is 1. The van der Waals surface area contributed by atoms with Crippen molar-refractivity contribution in [2.75, 3.05) is 13.7 Å². The Kier molecular flexibility index (Phi) is 7.35. The molecule has 2 aromatic carbocycles. The highest BCUT2D eigenvalue weighted by molar-refractivity contribution is 14.1. The molecule has 1 N–H and O–H groups in total. The lowest BCUT2D eigenvalue weighted by Crippen LogP contribution is -2.23. The van der Waals surface area contributed by atoms with Gasteiger partial charge in [0.25, 0.3) is 0 Å². The van der Waals surface area contributed by atoms with Crippen LogP contribution in [0.5, 0.6) is 5.75 Å². The molecule has 0 bridgehead atoms. The zero-order valence-corrected chi connectivity index (χ0v) is 17.0. The molecule has 0 spiro atoms. The van der Waals surface area contributed by atoms with Crippen molar-refractivity contribution in [3.05, 3.63) is 66.8 Å². The van der Waals surface area contributed by atoms with Crippen molar-refractivity contribution in [3.8, 4) is 5.75 Å². The van der Waals surface area contributed by atoms with Gasteiger partial charge >= 0.3 is 0 Å². The van der Waals surface area contributed by atoms with Crippen molar-refractivity contribution < 1.29 is 9.53 Å². The van der Waals surface area contributed by atoms with Crippen LogP contribution < -0.4 is 10.1 Å². The monoisotopic (exact) mass is 533 g/mol. The number of rotatable bonds is 6. The second kappa shape index (κ2) is 9.27. The van der Waals surface area contributed by atoms with Gasteiger partial charge in [0.05, 0.1) is 14.3 Å². The van der Waals surface area contributed by atoms with E-state index in [4.69, 9.17) is 4.74 Å². The SMILES string of the molecule is COc1c(I)cc(/C=C/C(=O)NCCc2ccccc2)cc1I. The summed E-state index contributed by atoms with van der Waals surface area (Å²) in [5.41, 5.74) is 2.20. The molecule has 2 rings (SSSR count). The molecule has 0 aliphatic heterocycles. The van der Waals surface area contributed by atoms with Crippen LogP contribution in [0.3, 0.4) is 0 Å². The zero-order chi connectivity index (χ0) is 16.7. The lowest BCUT2D eigenvalue weighted by atomic mass is 10.1. The van der Waals surface area contributed by atoms with Crippen molar-refractivity contribution >= 4 is 57.2 Å². The molecule has 2 aromatic rings. The molecule has 23 heavy (non-hydrogen) atoms. The van der Waals surface area contributed by atoms with Gasteiger partial charge < -0.3 is 10.1 Å². The number of carbonyl (C=O) groups excluding carboxylic acids is 1. The van der Waals surface area contributed by atoms with Crippen molar-refractivity contribution in [3.63, 3.8) is 0 Å². The van der Waals surface area contributed by atoms with Crippen LogP contribution in [-0.4, -0.2) is 19.6 Å². The summed E-state index contributed by atoms with van der Waals surface area (Å²) in [4.78, 5) is 11.9. The maximum absolute atomic E-state index is 11.9. The fourth-order valence-electron chi connectivity index (χ4n) is 2.08. The molecule has 0 heterocycles. The summed E-state index contributed by atoms with van der Waals surface area (Å²) in [6.07, 6.45) is 4.22. The summed E-state index contributed by atoms with van der Waals surface area (Å²) in [7, 11) is 1.66. The van der Waals surface area contributed by atoms with Gasteiger partial charge in [0.15, 0.2) is 0 Å². The highest BCUT2D eigenvalue weighted by Gasteiger charge is 2.06. The van der Waals surface area contributed by atoms with Gasteiger partial charge in [0.1, 0.15) is 5.75 Å². The Hall–Kier alpha value is -1.09. The van der Waals surface area contributed by atoms with Gasteiger partial charge in [-0.2, -0.15) is 0 Å². The molecular formula is C18H17I2NO2. The maximum atomic E-state index is 11.9. The smallest absolute Gasteiger partial charge is 0.244 e. The number of amides is 1. The van der Waals surface area contributed by atoms with Gasteiger partial charge in [-0.3, -0.25) is 4.79 Å². The molecule has 120 valence electrons. The standard InChI is InChI=1S/C18H17I2NO2/c1-23-18-15(19)11-14(12-16(18)20)7-8-17(22)21-10-9-13-5-3-2-4-6-13/h2-8,11-12H,9-10H2,1H3,(H,21,22)/b8-7+. The molecule has 0 saturated carbocycles. The summed E-state index contributed by atoms with van der Waals surface area (Å²) in [6.45, 7) is 0.630. The second-order valence-electron chi connectivity index (χ2n) is 4.88. The van der Waals surface area contributed by atoms with Crippen LogP contribution in [0, 0.1) is 7.14 Å². The first-order valence-electron chi connectivity index (χ1n) is 7.13. The van der Waals surface area contributed by atoms with E-state index in [1.807, 2.05) is 36.4 Å². The van der Waals surface area contributed by atoms with E-state index in [9.17, 15) is 4.79 Å². The third kappa shape index (κ3) is 5.80. The summed E-state index contributed by atoms with van der Waals surface area (Å²) in [5.74, 6) is 0.789. The van der Waals surface area contributed by atoms with Crippen LogP contribution in [0.25, 0.3) is 6.08 Å². The van der Waals surface area contributed by atoms with E-state index in [2.05, 4.69) is 62.6 Å². The molecule has 0 aliphatic carbocycles. The number of hydrogen-bond donors (Lipinski definition) is 1. The molecular weight excluding hydrogens is 516 g/mol. The Morgan fingerprint density at radius 2 is 1.83 bits per heavy atom. The van der Waals surface area contributed by atoms with Crippen LogP contribution in [0.15, 0.2) is 48.5 Å². The van der Waals surface area contributed by atoms with Gasteiger partial charge in [-0.15, -0.1) is 0 Å². The van der Waals surface area contributed by atoms with Crippen LogP contribution in [0.2, 0.25) is 0 Å². The molecule has 0 fully saturated rings. The highest BCUT2D eigenvalue weighted by atomic mass is 127. The summed E-state index contributed by atoms with van der Waals surface area (Å²) < 4.78 is 7.39. The topological polar surface area (TPSA) is 38.3 Å². The van der Waals surface area contributed by atoms with Crippen LogP contribution in [0.1, 0.15) is 11.1 Å². The van der Waals surface area contributed by atoms with Gasteiger partial charge in [-0.25, -0.2) is 0 Å². The summed E-state index contributed by atoms with van der Waals surface area (Å²) in [5, 5.41) is 2.90. The lowest BCUT2D eigenvalue weighted by molar-refractivity contribution is -0.116. The van der Waals surface area contributed by atoms with Gasteiger partial charge in [0.2, 0.25) is 5.91 Å². The van der Waals surface area contributed by atoms with E-state index in [0.717, 1.165) is 24.9 Å². The molecule has 0 unspecified atom stereocenters. The number of hydrogen-bond acceptors (Lipinski definition) is 2. The zero-order valence-electron chi connectivity index (χ0n) is 12.7. The first-order chi connectivity index (χ1) is 11.1. The predicted octanol–water partition coefficient (Wildman–Crippen LogP) is 4.28. The van der Waals surface area contributed by atoms with Gasteiger partial charge in [-0.05, 0) is 80.9 Å². The normalized spacial score (nSPS) is 10.7. The van der Waals surface area contributed by atoms with Crippen LogP contribution >= 0.6 is 45.2 Å². The molecule has 0 aromatic heterocycles. The Morgan fingerprint density at radius 1 is 1.17 bits per heavy atom. The van der Waals surface area contributed by atoms with Gasteiger partial charge in [0, 0.05) is 12.6 Å². The molecule has 5 heteroatoms. The van der Waals surface area contributed by atoms with Gasteiger partial charge in [-0.1, -0.05) is 30.3 Å². The number of nitrogens with one attached hydrogen (secondary N) is 1. The minimum Gasteiger partial charge on any atom is -0.495 e. The average molecular weight is 533 g/mol. The second-order valence-corrected chi connectivity index (χ2v) is 7.20. The number of ether oxygens (including phenoxy) is 1. The highest BCUT2D eigenvalue weighted by Crippen LogP contribution is 2.28. The fourth-order valence-corrected chi connectivity index (χ4v) is 4.33. The molecule has 0 saturated heterocycles. The summed E-state index contributed by atoms with van der Waals surface area (Å²) >= 11 is 4.47. The Bertz CT molecular complexity index is 676. The molecule has 3 nitrogen and oxygen atoms in total. The van der Waals surface area contributed by atoms with E-state index in [1.165, 1.54) is 5.56 Å². The van der Waals surface area contributed by atoms with E-state index >= 15 is 0 Å². The third-order valence-corrected chi connectivity index (χ3v) is 4.81. The van der Waals surface area contributed by atoms with Crippen molar-refractivity contribution in [1.29, 1.82) is 0 Å². The predicted molar refractivity (Wildman–Crippen MR) is 111 cm³/mol. The lowest BCUT2D eigenvalue weighted by Gasteiger charge is -2.07. The van der Waals surface area contributed by atoms with E-state index in [1.54, 1.807) is 13.2 Å². The average Bonchev–Trinajstić information content (AvgIpc) is 2.54. The third-order valence-electron chi connectivity index (χ3n) is 3.21. The molecule has 0 aliphatic rings. The molecule has 0 atom stereocenters. The van der Waals surface area contributed by atoms with Crippen molar-refractivity contribution in [2.24, 2.45) is 0 Å². The molecule has 1 amide bonds. The number of benzene rings is 2. The maximum Gasteiger partial charge on any atom is 0.244 e. The Morgan fingerprint density at radius 3 is 2.43 bits per heavy atom. The largest absolute Gasteiger partial charge is 0.495 e. The molecule has 0 radical (unpaired) electrons. The first kappa shape index (κ1) is 18.3. The number of halogens is 2. The van der Waals surface area contributed by atoms with E-state index in [-0.39, 0.29) is 5.91 Å². The first-order valence-corrected chi connectivity index (χ1v) is 9.29. The Balaban J connectivity index is 1.88. The summed E-state index contributed by atoms with van der Waals surface area (Å²) in [6, 6.07) is 14.1. The quantitative estimate of drug-likeness (QED) is 0.445. The van der Waals surface area contributed by atoms with E-state index in [0.29, 0.717) is 6.54 Å². The van der Waals surface area contributed by atoms with Crippen molar-refractivity contribution in [2.45, 2.75) is 6.42 Å². The minimum absolute atomic E-state index is 0.0817. The fraction of sp³-hybridized carbons (Fsp3) is 0.167. The minimum atomic E-state index is -0.0817. The van der Waals surface area contributed by atoms with Crippen LogP contribution in [0.4, 0.5) is 0 Å². The number of methoxy groups -OCH3 is 1. The van der Waals surface area contributed by atoms with Crippen molar-refractivity contribution in [1.82, 2.24) is 5.32 Å². The Labute approximate surface area is 163 Å². The van der Waals surface area contributed by atoms with Crippen LogP contribution in [-0.2, 0) is 11.2 Å².